The number of nitrogens with zero attached hydrogens (tertiary/aromatic N) is 15. The van der Waals surface area contributed by atoms with E-state index in [1.54, 1.807) is 28.1 Å². The molecule has 0 aliphatic heterocycles. The summed E-state index contributed by atoms with van der Waals surface area (Å²) < 4.78 is 10.3. The van der Waals surface area contributed by atoms with Gasteiger partial charge in [-0.3, -0.25) is 0 Å². The molecule has 3 heterocycles. The van der Waals surface area contributed by atoms with Gasteiger partial charge in [0.1, 0.15) is 23.1 Å². The van der Waals surface area contributed by atoms with Crippen molar-refractivity contribution in [1.29, 1.82) is 0 Å². The summed E-state index contributed by atoms with van der Waals surface area (Å²) in [7, 11) is 7.39. The zero-order chi connectivity index (χ0) is 58.0. The number of methoxy groups -OCH3 is 2. The fourth-order valence-corrected chi connectivity index (χ4v) is 7.33. The molecule has 0 amide bonds. The molecular formula is C55H83Cl4N21O2. The van der Waals surface area contributed by atoms with E-state index in [0.717, 1.165) is 90.6 Å². The zero-order valence-corrected chi connectivity index (χ0v) is 49.7. The number of nitrogens with two attached hydrogens (primary N) is 4. The van der Waals surface area contributed by atoms with Crippen LogP contribution in [-0.2, 0) is 0 Å². The number of unbranched alkanes of at least 4 members (excludes halogenated alkanes) is 1. The molecule has 0 aliphatic rings. The Morgan fingerprint density at radius 1 is 0.524 bits per heavy atom. The van der Waals surface area contributed by atoms with Crippen molar-refractivity contribution in [3.8, 4) is 11.5 Å². The number of ether oxygens (including phenoxy) is 2. The first-order chi connectivity index (χ1) is 38.0. The summed E-state index contributed by atoms with van der Waals surface area (Å²) in [5.41, 5.74) is 27.4. The lowest BCUT2D eigenvalue weighted by Gasteiger charge is -2.19. The van der Waals surface area contributed by atoms with Crippen LogP contribution in [-0.4, -0.2) is 106 Å². The Hall–Kier alpha value is -7.25. The monoisotopic (exact) mass is 1210 g/mol. The Labute approximate surface area is 504 Å². The van der Waals surface area contributed by atoms with Crippen LogP contribution in [0.2, 0.25) is 21.1 Å². The lowest BCUT2D eigenvalue weighted by molar-refractivity contribution is 0.414. The van der Waals surface area contributed by atoms with Gasteiger partial charge in [0.15, 0.2) is 0 Å². The van der Waals surface area contributed by atoms with Crippen LogP contribution in [0.5, 0.6) is 11.5 Å². The maximum atomic E-state index is 5.64. The standard InChI is InChI=1S/C21H26N8O.C17H22N4O.C8H19N.C4H5ClN4.C3Cl3N3.2CH4.H3N/c1-15-24-20(22)26-21(25-15)23-13-4-14-29(2)18-9-5-16(6-10-18)27-28-17-7-11-19(30-3)12-8-17;1-21(13-3-12-18)16-8-4-14(5-9-16)19-20-15-6-10-17(22-2)11-7-15;1-3-5-6-8(4-2)7-9;1-2-7-3(5)9-4(6)8-2;4-1-7-2(5)9-3(6)8-1;;;/h5-12H,4,13-14H2,1-3H3,(H3,22,23,24,25,26);4-11H,3,12-13,18H2,1-2H3;8H,3-7,9H2,1-2H3;1H3,(H2,6,7,8,9);;2*1H4;1H3. The van der Waals surface area contributed by atoms with Crippen molar-refractivity contribution in [2.45, 2.75) is 81.1 Å². The minimum Gasteiger partial charge on any atom is -0.497 e. The highest BCUT2D eigenvalue weighted by Gasteiger charge is 2.06. The minimum atomic E-state index is 0. The van der Waals surface area contributed by atoms with Gasteiger partial charge in [-0.2, -0.15) is 60.3 Å². The van der Waals surface area contributed by atoms with Crippen molar-refractivity contribution in [3.63, 3.8) is 0 Å². The van der Waals surface area contributed by atoms with E-state index >= 15 is 0 Å². The molecule has 448 valence electrons. The second-order valence-electron chi connectivity index (χ2n) is 17.0. The molecule has 0 aliphatic carbocycles. The highest BCUT2D eigenvalue weighted by molar-refractivity contribution is 6.33. The van der Waals surface area contributed by atoms with Crippen molar-refractivity contribution in [2.75, 3.05) is 87.6 Å². The van der Waals surface area contributed by atoms with Gasteiger partial charge in [-0.25, -0.2) is 4.98 Å². The molecule has 0 radical (unpaired) electrons. The maximum absolute atomic E-state index is 5.64. The highest BCUT2D eigenvalue weighted by Crippen LogP contribution is 2.25. The number of aromatic nitrogens is 9. The first-order valence-corrected chi connectivity index (χ1v) is 26.7. The van der Waals surface area contributed by atoms with E-state index in [4.69, 9.17) is 78.8 Å². The van der Waals surface area contributed by atoms with Gasteiger partial charge in [0, 0.05) is 45.1 Å². The van der Waals surface area contributed by atoms with Gasteiger partial charge in [-0.1, -0.05) is 48.0 Å². The first kappa shape index (κ1) is 74.8. The fourth-order valence-electron chi connectivity index (χ4n) is 6.51. The number of aryl methyl sites for hydroxylation is 2. The number of nitrogens with one attached hydrogen (secondary N) is 1. The molecule has 0 saturated heterocycles. The fraction of sp³-hybridized carbons (Fsp3) is 0.400. The number of anilines is 5. The Balaban J connectivity index is 0.00000110. The van der Waals surface area contributed by atoms with Gasteiger partial charge in [-0.15, -0.1) is 0 Å². The Morgan fingerprint density at radius 3 is 1.24 bits per heavy atom. The molecule has 4 aromatic carbocycles. The van der Waals surface area contributed by atoms with Gasteiger partial charge in [0.2, 0.25) is 39.0 Å². The Morgan fingerprint density at radius 2 is 0.902 bits per heavy atom. The quantitative estimate of drug-likeness (QED) is 0.0287. The molecule has 1 unspecified atom stereocenters. The van der Waals surface area contributed by atoms with Crippen LogP contribution in [0, 0.1) is 19.8 Å². The van der Waals surface area contributed by atoms with Crippen molar-refractivity contribution in [2.24, 2.45) is 37.8 Å². The summed E-state index contributed by atoms with van der Waals surface area (Å²) in [4.78, 5) is 37.9. The third kappa shape index (κ3) is 31.1. The number of rotatable bonds is 21. The molecule has 7 aromatic rings. The van der Waals surface area contributed by atoms with Crippen LogP contribution >= 0.6 is 46.4 Å². The van der Waals surface area contributed by atoms with Crippen LogP contribution in [0.3, 0.4) is 0 Å². The van der Waals surface area contributed by atoms with E-state index in [-0.39, 0.29) is 54.0 Å². The number of hydrogen-bond donors (Lipinski definition) is 6. The van der Waals surface area contributed by atoms with Crippen LogP contribution in [0.1, 0.15) is 78.9 Å². The lowest BCUT2D eigenvalue weighted by atomic mass is 10.00. The van der Waals surface area contributed by atoms with Crippen molar-refractivity contribution < 1.29 is 9.47 Å². The predicted molar refractivity (Wildman–Crippen MR) is 339 cm³/mol. The van der Waals surface area contributed by atoms with E-state index in [0.29, 0.717) is 24.1 Å². The predicted octanol–water partition coefficient (Wildman–Crippen LogP) is 13.9. The van der Waals surface area contributed by atoms with E-state index in [9.17, 15) is 0 Å². The molecular weight excluding hydrogens is 1130 g/mol. The second-order valence-corrected chi connectivity index (χ2v) is 18.3. The highest BCUT2D eigenvalue weighted by atomic mass is 35.5. The van der Waals surface area contributed by atoms with Gasteiger partial charge in [-0.05, 0) is 196 Å². The molecule has 0 bridgehead atoms. The molecule has 0 fully saturated rings. The molecule has 0 spiro atoms. The second kappa shape index (κ2) is 42.6. The van der Waals surface area contributed by atoms with Gasteiger partial charge < -0.3 is 53.7 Å². The van der Waals surface area contributed by atoms with Crippen LogP contribution in [0.15, 0.2) is 118 Å². The molecule has 1 atom stereocenters. The normalized spacial score (nSPS) is 10.5. The molecule has 82 heavy (non-hydrogen) atoms. The van der Waals surface area contributed by atoms with Crippen LogP contribution in [0.4, 0.5) is 52.0 Å². The minimum absolute atomic E-state index is 0. The topological polar surface area (TPSA) is 341 Å². The number of halogens is 4. The summed E-state index contributed by atoms with van der Waals surface area (Å²) in [6, 6.07) is 30.9. The SMILES string of the molecule is C.C.CCCCC(CC)CN.COc1ccc(N=Nc2ccc(N(C)CCCN)cc2)cc1.COc1ccc(N=Nc2ccc(N(C)CCCNc3nc(C)nc(N)n3)cc2)cc1.Cc1nc(N)nc(Cl)n1.Clc1nc(Cl)nc(Cl)n1.N. The average molecular weight is 1210 g/mol. The van der Waals surface area contributed by atoms with Crippen molar-refractivity contribution in [3.05, 3.63) is 130 Å². The van der Waals surface area contributed by atoms with Crippen LogP contribution < -0.4 is 53.7 Å². The lowest BCUT2D eigenvalue weighted by Crippen LogP contribution is -2.21. The van der Waals surface area contributed by atoms with Crippen LogP contribution in [0.25, 0.3) is 0 Å². The van der Waals surface area contributed by atoms with E-state index < -0.39 is 0 Å². The van der Waals surface area contributed by atoms with Crippen molar-refractivity contribution in [1.82, 2.24) is 51.0 Å². The van der Waals surface area contributed by atoms with Gasteiger partial charge in [0.25, 0.3) is 0 Å². The van der Waals surface area contributed by atoms with Crippen molar-refractivity contribution >= 4 is 98.4 Å². The maximum Gasteiger partial charge on any atom is 0.227 e. The smallest absolute Gasteiger partial charge is 0.227 e. The summed E-state index contributed by atoms with van der Waals surface area (Å²) in [5.74, 6) is 4.42. The summed E-state index contributed by atoms with van der Waals surface area (Å²) in [5, 5.41) is 20.3. The zero-order valence-electron chi connectivity index (χ0n) is 46.6. The Kier molecular flexibility index (Phi) is 38.8. The molecule has 3 aromatic heterocycles. The summed E-state index contributed by atoms with van der Waals surface area (Å²) in [6.45, 7) is 12.1. The van der Waals surface area contributed by atoms with E-state index in [1.165, 1.54) is 25.7 Å². The van der Waals surface area contributed by atoms with Gasteiger partial charge in [0.05, 0.1) is 37.0 Å². The first-order valence-electron chi connectivity index (χ1n) is 25.2. The summed E-state index contributed by atoms with van der Waals surface area (Å²) in [6.07, 6.45) is 7.11. The molecule has 12 N–H and O–H groups in total. The molecule has 0 saturated carbocycles. The van der Waals surface area contributed by atoms with Gasteiger partial charge >= 0.3 is 0 Å². The largest absolute Gasteiger partial charge is 0.497 e. The third-order valence-corrected chi connectivity index (χ3v) is 11.5. The summed E-state index contributed by atoms with van der Waals surface area (Å²) >= 11 is 21.4. The molecule has 23 nitrogen and oxygen atoms in total. The number of azo groups is 2. The van der Waals surface area contributed by atoms with E-state index in [2.05, 4.69) is 108 Å². The number of nitrogen functional groups attached to an aromatic ring is 2. The Bertz CT molecular complexity index is 2680. The number of benzene rings is 4. The molecule has 27 heteroatoms. The third-order valence-electron chi connectivity index (χ3n) is 10.9. The average Bonchev–Trinajstić information content (AvgIpc) is 3.45. The number of hydrogen-bond acceptors (Lipinski definition) is 23. The molecule has 7 rings (SSSR count). The van der Waals surface area contributed by atoms with E-state index in [1.807, 2.05) is 97.1 Å².